The number of hydrogen-bond donors (Lipinski definition) is 0. The van der Waals surface area contributed by atoms with Gasteiger partial charge in [0, 0.05) is 7.05 Å². The van der Waals surface area contributed by atoms with E-state index in [0.717, 1.165) is 22.4 Å². The summed E-state index contributed by atoms with van der Waals surface area (Å²) in [6.07, 6.45) is 0. The van der Waals surface area contributed by atoms with Gasteiger partial charge < -0.3 is 14.1 Å². The van der Waals surface area contributed by atoms with Gasteiger partial charge in [0.05, 0.1) is 24.1 Å². The Hall–Kier alpha value is -3.08. The Labute approximate surface area is 150 Å². The molecule has 0 unspecified atom stereocenters. The lowest BCUT2D eigenvalue weighted by Gasteiger charge is -2.20. The van der Waals surface area contributed by atoms with Gasteiger partial charge in [-0.25, -0.2) is 0 Å². The van der Waals surface area contributed by atoms with Gasteiger partial charge >= 0.3 is 0 Å². The van der Waals surface area contributed by atoms with Gasteiger partial charge in [-0.3, -0.25) is 9.59 Å². The minimum atomic E-state index is -0.467. The summed E-state index contributed by atoms with van der Waals surface area (Å²) in [7, 11) is 3.29. The highest BCUT2D eigenvalue weighted by Gasteiger charge is 2.40. The van der Waals surface area contributed by atoms with Crippen LogP contribution in [0, 0.1) is 13.8 Å². The monoisotopic (exact) mass is 349 g/mol. The van der Waals surface area contributed by atoms with E-state index in [4.69, 9.17) is 9.15 Å². The highest BCUT2D eigenvalue weighted by molar-refractivity contribution is 5.99. The standard InChI is InChI=1S/C21H19NO4/c1-11-9-15-16(10-12(11)2)26-20-17(19(15)23)18(22(3)21(20)24)13-5-7-14(25-4)8-6-13/h5-10,18H,1-4H3/t18-/m1/s1. The van der Waals surface area contributed by atoms with Crippen molar-refractivity contribution in [2.24, 2.45) is 0 Å². The minimum Gasteiger partial charge on any atom is -0.497 e. The zero-order valence-corrected chi connectivity index (χ0v) is 15.1. The lowest BCUT2D eigenvalue weighted by Crippen LogP contribution is -2.25. The topological polar surface area (TPSA) is 59.8 Å². The molecule has 0 aliphatic carbocycles. The molecule has 5 nitrogen and oxygen atoms in total. The zero-order chi connectivity index (χ0) is 18.6. The van der Waals surface area contributed by atoms with Crippen LogP contribution in [-0.4, -0.2) is 25.0 Å². The summed E-state index contributed by atoms with van der Waals surface area (Å²) >= 11 is 0. The first-order chi connectivity index (χ1) is 12.4. The second-order valence-corrected chi connectivity index (χ2v) is 6.70. The van der Waals surface area contributed by atoms with Crippen LogP contribution < -0.4 is 10.2 Å². The Morgan fingerprint density at radius 3 is 2.35 bits per heavy atom. The van der Waals surface area contributed by atoms with Gasteiger partial charge in [-0.15, -0.1) is 0 Å². The van der Waals surface area contributed by atoms with Gasteiger partial charge in [-0.05, 0) is 54.8 Å². The smallest absolute Gasteiger partial charge is 0.290 e. The number of hydrogen-bond acceptors (Lipinski definition) is 4. The summed E-state index contributed by atoms with van der Waals surface area (Å²) in [5, 5.41) is 0.508. The van der Waals surface area contributed by atoms with Gasteiger partial charge in [0.1, 0.15) is 11.3 Å². The molecular formula is C21H19NO4. The number of amides is 1. The molecule has 0 spiro atoms. The Balaban J connectivity index is 1.98. The first-order valence-corrected chi connectivity index (χ1v) is 8.41. The first-order valence-electron chi connectivity index (χ1n) is 8.41. The molecule has 2 aromatic carbocycles. The normalized spacial score (nSPS) is 16.2. The number of benzene rings is 2. The summed E-state index contributed by atoms with van der Waals surface area (Å²) in [6, 6.07) is 10.6. The summed E-state index contributed by atoms with van der Waals surface area (Å²) in [5.74, 6) is 0.574. The minimum absolute atomic E-state index is 0.133. The van der Waals surface area contributed by atoms with Gasteiger partial charge in [0.25, 0.3) is 5.91 Å². The van der Waals surface area contributed by atoms with E-state index < -0.39 is 6.04 Å². The molecule has 0 saturated heterocycles. The van der Waals surface area contributed by atoms with Crippen LogP contribution in [-0.2, 0) is 0 Å². The van der Waals surface area contributed by atoms with Crippen molar-refractivity contribution in [3.05, 3.63) is 74.6 Å². The molecule has 0 N–H and O–H groups in total. The second-order valence-electron chi connectivity index (χ2n) is 6.70. The van der Waals surface area contributed by atoms with Gasteiger partial charge in [0.15, 0.2) is 5.43 Å². The summed E-state index contributed by atoms with van der Waals surface area (Å²) in [5.41, 5.74) is 3.58. The predicted molar refractivity (Wildman–Crippen MR) is 98.9 cm³/mol. The number of aryl methyl sites for hydroxylation is 2. The summed E-state index contributed by atoms with van der Waals surface area (Å²) < 4.78 is 11.1. The fourth-order valence-electron chi connectivity index (χ4n) is 3.52. The number of methoxy groups -OCH3 is 1. The van der Waals surface area contributed by atoms with Crippen molar-refractivity contribution >= 4 is 16.9 Å². The average molecular weight is 349 g/mol. The zero-order valence-electron chi connectivity index (χ0n) is 15.1. The van der Waals surface area contributed by atoms with Crippen LogP contribution in [0.2, 0.25) is 0 Å². The number of nitrogens with zero attached hydrogens (tertiary/aromatic N) is 1. The molecular weight excluding hydrogens is 330 g/mol. The van der Waals surface area contributed by atoms with Crippen LogP contribution in [0.3, 0.4) is 0 Å². The molecule has 0 radical (unpaired) electrons. The van der Waals surface area contributed by atoms with E-state index in [1.54, 1.807) is 19.1 Å². The number of carbonyl (C=O) groups is 1. The number of carbonyl (C=O) groups excluding carboxylic acids is 1. The van der Waals surface area contributed by atoms with E-state index in [1.165, 1.54) is 0 Å². The lowest BCUT2D eigenvalue weighted by atomic mass is 9.97. The lowest BCUT2D eigenvalue weighted by molar-refractivity contribution is 0.0771. The third-order valence-corrected chi connectivity index (χ3v) is 5.15. The van der Waals surface area contributed by atoms with E-state index in [1.807, 2.05) is 50.2 Å². The maximum Gasteiger partial charge on any atom is 0.290 e. The molecule has 5 heteroatoms. The molecule has 132 valence electrons. The molecule has 3 aromatic rings. The molecule has 0 fully saturated rings. The Kier molecular flexibility index (Phi) is 3.61. The second kappa shape index (κ2) is 5.73. The SMILES string of the molecule is COc1ccc([C@@H]2c3c(oc4cc(C)c(C)cc4c3=O)C(=O)N2C)cc1. The van der Waals surface area contributed by atoms with Crippen molar-refractivity contribution < 1.29 is 13.9 Å². The molecule has 1 aliphatic heterocycles. The van der Waals surface area contributed by atoms with Crippen molar-refractivity contribution in [3.8, 4) is 5.75 Å². The molecule has 2 heterocycles. The van der Waals surface area contributed by atoms with Crippen LogP contribution in [0.1, 0.15) is 38.9 Å². The van der Waals surface area contributed by atoms with Crippen LogP contribution >= 0.6 is 0 Å². The fraction of sp³-hybridized carbons (Fsp3) is 0.238. The Morgan fingerprint density at radius 2 is 1.69 bits per heavy atom. The number of ether oxygens (including phenoxy) is 1. The van der Waals surface area contributed by atoms with Crippen molar-refractivity contribution in [2.45, 2.75) is 19.9 Å². The van der Waals surface area contributed by atoms with Crippen molar-refractivity contribution in [1.82, 2.24) is 4.90 Å². The highest BCUT2D eigenvalue weighted by atomic mass is 16.5. The Bertz CT molecular complexity index is 1100. The van der Waals surface area contributed by atoms with Crippen LogP contribution in [0.5, 0.6) is 5.75 Å². The van der Waals surface area contributed by atoms with Crippen molar-refractivity contribution in [1.29, 1.82) is 0 Å². The van der Waals surface area contributed by atoms with Gasteiger partial charge in [-0.1, -0.05) is 12.1 Å². The van der Waals surface area contributed by atoms with E-state index in [-0.39, 0.29) is 17.1 Å². The Morgan fingerprint density at radius 1 is 1.04 bits per heavy atom. The van der Waals surface area contributed by atoms with Crippen molar-refractivity contribution in [3.63, 3.8) is 0 Å². The third kappa shape index (κ3) is 2.24. The molecule has 0 saturated carbocycles. The van der Waals surface area contributed by atoms with Crippen LogP contribution in [0.15, 0.2) is 45.6 Å². The van der Waals surface area contributed by atoms with Gasteiger partial charge in [0.2, 0.25) is 5.76 Å². The molecule has 1 aliphatic rings. The maximum atomic E-state index is 13.2. The van der Waals surface area contributed by atoms with E-state index in [2.05, 4.69) is 0 Å². The van der Waals surface area contributed by atoms with Crippen LogP contribution in [0.25, 0.3) is 11.0 Å². The summed E-state index contributed by atoms with van der Waals surface area (Å²) in [4.78, 5) is 27.5. The molecule has 0 bridgehead atoms. The molecule has 26 heavy (non-hydrogen) atoms. The molecule has 1 atom stereocenters. The molecule has 4 rings (SSSR count). The average Bonchev–Trinajstić information content (AvgIpc) is 2.89. The first kappa shape index (κ1) is 16.4. The van der Waals surface area contributed by atoms with Gasteiger partial charge in [-0.2, -0.15) is 0 Å². The quantitative estimate of drug-likeness (QED) is 0.709. The summed E-state index contributed by atoms with van der Waals surface area (Å²) in [6.45, 7) is 3.91. The van der Waals surface area contributed by atoms with E-state index in [9.17, 15) is 9.59 Å². The van der Waals surface area contributed by atoms with Crippen LogP contribution in [0.4, 0.5) is 0 Å². The van der Waals surface area contributed by atoms with E-state index >= 15 is 0 Å². The maximum absolute atomic E-state index is 13.2. The largest absolute Gasteiger partial charge is 0.497 e. The number of rotatable bonds is 2. The number of fused-ring (bicyclic) bond motifs is 2. The fourth-order valence-corrected chi connectivity index (χ4v) is 3.52. The molecule has 1 amide bonds. The van der Waals surface area contributed by atoms with Crippen molar-refractivity contribution in [2.75, 3.05) is 14.2 Å². The highest BCUT2D eigenvalue weighted by Crippen LogP contribution is 2.37. The van der Waals surface area contributed by atoms with E-state index in [0.29, 0.717) is 16.5 Å². The molecule has 1 aromatic heterocycles. The third-order valence-electron chi connectivity index (χ3n) is 5.15. The predicted octanol–water partition coefficient (Wildman–Crippen LogP) is 3.59.